The van der Waals surface area contributed by atoms with Gasteiger partial charge in [-0.3, -0.25) is 4.79 Å². The van der Waals surface area contributed by atoms with E-state index in [0.717, 1.165) is 38.8 Å². The SMILES string of the molecule is CC(N)CCCC(=O)N1CCC(c2ccccc2)CC1. The van der Waals surface area contributed by atoms with Gasteiger partial charge >= 0.3 is 0 Å². The maximum atomic E-state index is 12.1. The molecule has 0 saturated carbocycles. The molecule has 1 aromatic rings. The maximum absolute atomic E-state index is 12.1. The molecule has 2 N–H and O–H groups in total. The molecule has 1 amide bonds. The number of benzene rings is 1. The van der Waals surface area contributed by atoms with Crippen molar-refractivity contribution in [2.75, 3.05) is 13.1 Å². The van der Waals surface area contributed by atoms with Gasteiger partial charge < -0.3 is 10.6 Å². The molecule has 1 unspecified atom stereocenters. The third-order valence-corrected chi connectivity index (χ3v) is 4.17. The highest BCUT2D eigenvalue weighted by atomic mass is 16.2. The van der Waals surface area contributed by atoms with Gasteiger partial charge in [0.25, 0.3) is 0 Å². The summed E-state index contributed by atoms with van der Waals surface area (Å²) >= 11 is 0. The highest BCUT2D eigenvalue weighted by Crippen LogP contribution is 2.28. The molecule has 0 radical (unpaired) electrons. The van der Waals surface area contributed by atoms with E-state index in [2.05, 4.69) is 30.3 Å². The van der Waals surface area contributed by atoms with Gasteiger partial charge in [0.2, 0.25) is 5.91 Å². The van der Waals surface area contributed by atoms with Gasteiger partial charge in [-0.25, -0.2) is 0 Å². The number of hydrogen-bond donors (Lipinski definition) is 1. The molecule has 3 heteroatoms. The van der Waals surface area contributed by atoms with E-state index in [1.54, 1.807) is 0 Å². The summed E-state index contributed by atoms with van der Waals surface area (Å²) in [6.45, 7) is 3.79. The molecular formula is C17H26N2O. The van der Waals surface area contributed by atoms with Crippen LogP contribution < -0.4 is 5.73 Å². The van der Waals surface area contributed by atoms with Crippen molar-refractivity contribution in [1.82, 2.24) is 4.90 Å². The summed E-state index contributed by atoms with van der Waals surface area (Å²) in [6.07, 6.45) is 4.67. The van der Waals surface area contributed by atoms with Crippen LogP contribution in [0.25, 0.3) is 0 Å². The Morgan fingerprint density at radius 3 is 2.55 bits per heavy atom. The van der Waals surface area contributed by atoms with Crippen LogP contribution in [0.3, 0.4) is 0 Å². The van der Waals surface area contributed by atoms with Crippen molar-refractivity contribution >= 4 is 5.91 Å². The third-order valence-electron chi connectivity index (χ3n) is 4.17. The first-order valence-corrected chi connectivity index (χ1v) is 7.75. The molecule has 0 aromatic heterocycles. The van der Waals surface area contributed by atoms with Crippen LogP contribution >= 0.6 is 0 Å². The number of rotatable bonds is 5. The Morgan fingerprint density at radius 1 is 1.30 bits per heavy atom. The average Bonchev–Trinajstić information content (AvgIpc) is 2.48. The molecule has 1 aliphatic rings. The topological polar surface area (TPSA) is 46.3 Å². The lowest BCUT2D eigenvalue weighted by Gasteiger charge is -2.32. The summed E-state index contributed by atoms with van der Waals surface area (Å²) in [5, 5.41) is 0. The Morgan fingerprint density at radius 2 is 1.95 bits per heavy atom. The van der Waals surface area contributed by atoms with Gasteiger partial charge in [0.1, 0.15) is 0 Å². The summed E-state index contributed by atoms with van der Waals surface area (Å²) in [7, 11) is 0. The molecule has 0 aliphatic carbocycles. The first-order chi connectivity index (χ1) is 9.66. The largest absolute Gasteiger partial charge is 0.343 e. The van der Waals surface area contributed by atoms with Gasteiger partial charge in [0, 0.05) is 25.6 Å². The predicted molar refractivity (Wildman–Crippen MR) is 82.5 cm³/mol. The lowest BCUT2D eigenvalue weighted by molar-refractivity contribution is -0.132. The van der Waals surface area contributed by atoms with Gasteiger partial charge in [0.15, 0.2) is 0 Å². The number of nitrogens with two attached hydrogens (primary N) is 1. The molecule has 1 fully saturated rings. The molecule has 1 aliphatic heterocycles. The minimum atomic E-state index is 0.201. The average molecular weight is 274 g/mol. The van der Waals surface area contributed by atoms with Crippen molar-refractivity contribution < 1.29 is 4.79 Å². The number of hydrogen-bond acceptors (Lipinski definition) is 2. The first-order valence-electron chi connectivity index (χ1n) is 7.75. The van der Waals surface area contributed by atoms with Crippen molar-refractivity contribution in [2.24, 2.45) is 5.73 Å². The Balaban J connectivity index is 1.75. The number of carbonyl (C=O) groups is 1. The highest BCUT2D eigenvalue weighted by Gasteiger charge is 2.23. The second kappa shape index (κ2) is 7.44. The van der Waals surface area contributed by atoms with E-state index in [4.69, 9.17) is 5.73 Å². The predicted octanol–water partition coefficient (Wildman–Crippen LogP) is 2.91. The molecule has 110 valence electrons. The number of amides is 1. The monoisotopic (exact) mass is 274 g/mol. The summed E-state index contributed by atoms with van der Waals surface area (Å²) in [6, 6.07) is 10.9. The number of likely N-dealkylation sites (tertiary alicyclic amines) is 1. The lowest BCUT2D eigenvalue weighted by Crippen LogP contribution is -2.37. The highest BCUT2D eigenvalue weighted by molar-refractivity contribution is 5.76. The second-order valence-electron chi connectivity index (χ2n) is 5.94. The van der Waals surface area contributed by atoms with Gasteiger partial charge in [-0.2, -0.15) is 0 Å². The van der Waals surface area contributed by atoms with Crippen LogP contribution in [0.4, 0.5) is 0 Å². The fourth-order valence-corrected chi connectivity index (χ4v) is 2.92. The molecule has 20 heavy (non-hydrogen) atoms. The Bertz CT molecular complexity index is 408. The van der Waals surface area contributed by atoms with E-state index in [1.807, 2.05) is 11.8 Å². The normalized spacial score (nSPS) is 18.0. The number of carbonyl (C=O) groups excluding carboxylic acids is 1. The van der Waals surface area contributed by atoms with E-state index in [9.17, 15) is 4.79 Å². The van der Waals surface area contributed by atoms with Gasteiger partial charge in [-0.05, 0) is 44.1 Å². The smallest absolute Gasteiger partial charge is 0.222 e. The second-order valence-corrected chi connectivity index (χ2v) is 5.94. The fraction of sp³-hybridized carbons (Fsp3) is 0.588. The van der Waals surface area contributed by atoms with Crippen molar-refractivity contribution in [1.29, 1.82) is 0 Å². The van der Waals surface area contributed by atoms with E-state index in [0.29, 0.717) is 18.2 Å². The van der Waals surface area contributed by atoms with Crippen LogP contribution in [0.5, 0.6) is 0 Å². The molecular weight excluding hydrogens is 248 g/mol. The third kappa shape index (κ3) is 4.34. The molecule has 0 bridgehead atoms. The van der Waals surface area contributed by atoms with Crippen LogP contribution in [0.15, 0.2) is 30.3 Å². The van der Waals surface area contributed by atoms with Crippen molar-refractivity contribution in [3.63, 3.8) is 0 Å². The molecule has 3 nitrogen and oxygen atoms in total. The van der Waals surface area contributed by atoms with Crippen LogP contribution in [0.1, 0.15) is 50.5 Å². The van der Waals surface area contributed by atoms with Gasteiger partial charge in [-0.1, -0.05) is 30.3 Å². The van der Waals surface area contributed by atoms with E-state index in [-0.39, 0.29) is 6.04 Å². The fourth-order valence-electron chi connectivity index (χ4n) is 2.92. The zero-order valence-electron chi connectivity index (χ0n) is 12.4. The molecule has 1 saturated heterocycles. The standard InChI is InChI=1S/C17H26N2O/c1-14(18)6-5-9-17(20)19-12-10-16(11-13-19)15-7-3-2-4-8-15/h2-4,7-8,14,16H,5-6,9-13,18H2,1H3. The van der Waals surface area contributed by atoms with Crippen LogP contribution in [0, 0.1) is 0 Å². The Hall–Kier alpha value is -1.35. The number of piperidine rings is 1. The number of nitrogens with zero attached hydrogens (tertiary/aromatic N) is 1. The van der Waals surface area contributed by atoms with E-state index >= 15 is 0 Å². The summed E-state index contributed by atoms with van der Waals surface area (Å²) in [5.74, 6) is 0.918. The zero-order valence-corrected chi connectivity index (χ0v) is 12.4. The summed E-state index contributed by atoms with van der Waals surface area (Å²) < 4.78 is 0. The van der Waals surface area contributed by atoms with Crippen LogP contribution in [0.2, 0.25) is 0 Å². The van der Waals surface area contributed by atoms with Crippen molar-refractivity contribution in [3.05, 3.63) is 35.9 Å². The molecule has 1 aromatic carbocycles. The maximum Gasteiger partial charge on any atom is 0.222 e. The first kappa shape index (κ1) is 15.0. The molecule has 1 atom stereocenters. The minimum absolute atomic E-state index is 0.201. The van der Waals surface area contributed by atoms with Crippen LogP contribution in [-0.2, 0) is 4.79 Å². The minimum Gasteiger partial charge on any atom is -0.343 e. The lowest BCUT2D eigenvalue weighted by atomic mass is 9.89. The molecule has 0 spiro atoms. The zero-order chi connectivity index (χ0) is 14.4. The summed E-state index contributed by atoms with van der Waals surface area (Å²) in [5.41, 5.74) is 7.13. The molecule has 2 rings (SSSR count). The van der Waals surface area contributed by atoms with Crippen LogP contribution in [-0.4, -0.2) is 29.9 Å². The van der Waals surface area contributed by atoms with Gasteiger partial charge in [0.05, 0.1) is 0 Å². The van der Waals surface area contributed by atoms with Gasteiger partial charge in [-0.15, -0.1) is 0 Å². The van der Waals surface area contributed by atoms with E-state index in [1.165, 1.54) is 5.56 Å². The Kier molecular flexibility index (Phi) is 5.60. The van der Waals surface area contributed by atoms with E-state index < -0.39 is 0 Å². The quantitative estimate of drug-likeness (QED) is 0.897. The molecule has 1 heterocycles. The Labute approximate surface area is 122 Å². The van der Waals surface area contributed by atoms with Crippen molar-refractivity contribution in [3.8, 4) is 0 Å². The summed E-state index contributed by atoms with van der Waals surface area (Å²) in [4.78, 5) is 14.1. The van der Waals surface area contributed by atoms with Crippen molar-refractivity contribution in [2.45, 2.75) is 51.0 Å².